The lowest BCUT2D eigenvalue weighted by molar-refractivity contribution is 0.0729. The molecule has 0 N–H and O–H groups in total. The fourth-order valence-corrected chi connectivity index (χ4v) is 2.70. The number of ether oxygens (including phenoxy) is 4. The maximum Gasteiger partial charge on any atom is 0.343 e. The maximum absolute atomic E-state index is 12.2. The van der Waals surface area contributed by atoms with Gasteiger partial charge in [-0.3, -0.25) is 4.99 Å². The monoisotopic (exact) mass is 375 g/mol. The van der Waals surface area contributed by atoms with Crippen molar-refractivity contribution < 1.29 is 23.7 Å². The molecule has 0 atom stereocenters. The quantitative estimate of drug-likeness (QED) is 0.376. The average Bonchev–Trinajstić information content (AvgIpc) is 3.21. The molecule has 140 valence electrons. The van der Waals surface area contributed by atoms with Crippen molar-refractivity contribution in [2.45, 2.75) is 0 Å². The highest BCUT2D eigenvalue weighted by Crippen LogP contribution is 2.35. The number of hydrogen-bond acceptors (Lipinski definition) is 6. The zero-order valence-corrected chi connectivity index (χ0v) is 15.1. The lowest BCUT2D eigenvalue weighted by Crippen LogP contribution is -2.09. The molecule has 6 heteroatoms. The van der Waals surface area contributed by atoms with Crippen LogP contribution in [0.3, 0.4) is 0 Å². The molecule has 0 aliphatic carbocycles. The Labute approximate surface area is 162 Å². The van der Waals surface area contributed by atoms with Gasteiger partial charge < -0.3 is 18.9 Å². The molecular formula is C22H17NO5. The molecule has 0 saturated carbocycles. The highest BCUT2D eigenvalue weighted by molar-refractivity contribution is 5.91. The highest BCUT2D eigenvalue weighted by Gasteiger charge is 2.14. The van der Waals surface area contributed by atoms with Crippen LogP contribution in [-0.4, -0.2) is 26.1 Å². The summed E-state index contributed by atoms with van der Waals surface area (Å²) in [6.07, 6.45) is 1.70. The van der Waals surface area contributed by atoms with Crippen LogP contribution in [0.2, 0.25) is 0 Å². The van der Waals surface area contributed by atoms with Gasteiger partial charge in [0, 0.05) is 12.3 Å². The van der Waals surface area contributed by atoms with Crippen LogP contribution in [-0.2, 0) is 0 Å². The van der Waals surface area contributed by atoms with E-state index in [-0.39, 0.29) is 6.79 Å². The zero-order chi connectivity index (χ0) is 19.3. The van der Waals surface area contributed by atoms with Crippen molar-refractivity contribution in [1.82, 2.24) is 0 Å². The number of nitrogens with zero attached hydrogens (tertiary/aromatic N) is 1. The minimum absolute atomic E-state index is 0.225. The molecule has 0 saturated heterocycles. The fraction of sp³-hybridized carbons (Fsp3) is 0.0909. The Bertz CT molecular complexity index is 1030. The van der Waals surface area contributed by atoms with E-state index in [1.54, 1.807) is 48.7 Å². The van der Waals surface area contributed by atoms with Gasteiger partial charge in [-0.2, -0.15) is 0 Å². The predicted octanol–water partition coefficient (Wildman–Crippen LogP) is 4.39. The minimum atomic E-state index is -0.444. The van der Waals surface area contributed by atoms with Crippen molar-refractivity contribution in [3.8, 4) is 23.0 Å². The molecule has 4 rings (SSSR count). The number of benzene rings is 3. The van der Waals surface area contributed by atoms with Gasteiger partial charge in [-0.05, 0) is 48.0 Å². The van der Waals surface area contributed by atoms with Crippen LogP contribution in [0.25, 0.3) is 0 Å². The molecule has 0 radical (unpaired) electrons. The summed E-state index contributed by atoms with van der Waals surface area (Å²) in [5, 5.41) is 0. The van der Waals surface area contributed by atoms with Gasteiger partial charge in [0.2, 0.25) is 6.79 Å². The van der Waals surface area contributed by atoms with Crippen molar-refractivity contribution in [2.24, 2.45) is 4.99 Å². The molecule has 1 heterocycles. The van der Waals surface area contributed by atoms with Gasteiger partial charge in [0.15, 0.2) is 23.0 Å². The molecule has 6 nitrogen and oxygen atoms in total. The first-order valence-electron chi connectivity index (χ1n) is 8.62. The van der Waals surface area contributed by atoms with Gasteiger partial charge >= 0.3 is 5.97 Å². The lowest BCUT2D eigenvalue weighted by Gasteiger charge is -2.10. The van der Waals surface area contributed by atoms with E-state index < -0.39 is 5.97 Å². The third kappa shape index (κ3) is 3.81. The number of carbonyl (C=O) groups is 1. The van der Waals surface area contributed by atoms with E-state index >= 15 is 0 Å². The molecule has 0 amide bonds. The number of fused-ring (bicyclic) bond motifs is 1. The summed E-state index contributed by atoms with van der Waals surface area (Å²) in [6, 6.07) is 19.5. The van der Waals surface area contributed by atoms with Gasteiger partial charge in [-0.15, -0.1) is 0 Å². The zero-order valence-electron chi connectivity index (χ0n) is 15.1. The van der Waals surface area contributed by atoms with Crippen LogP contribution in [0.4, 0.5) is 5.69 Å². The Morgan fingerprint density at radius 2 is 1.79 bits per heavy atom. The first kappa shape index (κ1) is 17.6. The number of methoxy groups -OCH3 is 1. The number of carbonyl (C=O) groups excluding carboxylic acids is 1. The number of hydrogen-bond donors (Lipinski definition) is 0. The van der Waals surface area contributed by atoms with E-state index in [0.717, 1.165) is 11.3 Å². The average molecular weight is 375 g/mol. The molecule has 0 bridgehead atoms. The first-order chi connectivity index (χ1) is 13.7. The van der Waals surface area contributed by atoms with Gasteiger partial charge in [0.1, 0.15) is 0 Å². The third-order valence-electron chi connectivity index (χ3n) is 4.12. The molecule has 28 heavy (non-hydrogen) atoms. The standard InChI is InChI=1S/C22H17NO5/c1-25-20-11-15(13-23-17-8-10-18-21(12-17)27-14-26-18)7-9-19(20)28-22(24)16-5-3-2-4-6-16/h2-13H,14H2,1H3. The van der Waals surface area contributed by atoms with E-state index in [1.807, 2.05) is 24.3 Å². The molecular weight excluding hydrogens is 358 g/mol. The van der Waals surface area contributed by atoms with Crippen molar-refractivity contribution in [3.05, 3.63) is 77.9 Å². The molecule has 3 aromatic rings. The lowest BCUT2D eigenvalue weighted by atomic mass is 10.2. The third-order valence-corrected chi connectivity index (χ3v) is 4.12. The van der Waals surface area contributed by atoms with Crippen LogP contribution in [0.5, 0.6) is 23.0 Å². The van der Waals surface area contributed by atoms with Gasteiger partial charge in [-0.1, -0.05) is 18.2 Å². The maximum atomic E-state index is 12.2. The number of rotatable bonds is 5. The number of aliphatic imine (C=N–C) groups is 1. The minimum Gasteiger partial charge on any atom is -0.493 e. The summed E-state index contributed by atoms with van der Waals surface area (Å²) >= 11 is 0. The van der Waals surface area contributed by atoms with Crippen molar-refractivity contribution in [2.75, 3.05) is 13.9 Å². The predicted molar refractivity (Wildman–Crippen MR) is 104 cm³/mol. The summed E-state index contributed by atoms with van der Waals surface area (Å²) in [5.74, 6) is 1.73. The molecule has 3 aromatic carbocycles. The van der Waals surface area contributed by atoms with Crippen molar-refractivity contribution in [3.63, 3.8) is 0 Å². The summed E-state index contributed by atoms with van der Waals surface area (Å²) < 4.78 is 21.5. The van der Waals surface area contributed by atoms with E-state index in [0.29, 0.717) is 28.6 Å². The summed E-state index contributed by atoms with van der Waals surface area (Å²) in [4.78, 5) is 16.7. The Morgan fingerprint density at radius 1 is 0.964 bits per heavy atom. The SMILES string of the molecule is COc1cc(C=Nc2ccc3c(c2)OCO3)ccc1OC(=O)c1ccccc1. The van der Waals surface area contributed by atoms with Crippen LogP contribution >= 0.6 is 0 Å². The molecule has 1 aliphatic heterocycles. The summed E-state index contributed by atoms with van der Waals surface area (Å²) in [5.41, 5.74) is 2.01. The second kappa shape index (κ2) is 7.84. The smallest absolute Gasteiger partial charge is 0.343 e. The van der Waals surface area contributed by atoms with Gasteiger partial charge in [-0.25, -0.2) is 4.79 Å². The highest BCUT2D eigenvalue weighted by atomic mass is 16.7. The number of esters is 1. The van der Waals surface area contributed by atoms with Crippen LogP contribution < -0.4 is 18.9 Å². The second-order valence-electron chi connectivity index (χ2n) is 5.96. The Hall–Kier alpha value is -3.80. The Kier molecular flexibility index (Phi) is 4.93. The van der Waals surface area contributed by atoms with E-state index in [1.165, 1.54) is 7.11 Å². The van der Waals surface area contributed by atoms with Crippen LogP contribution in [0.15, 0.2) is 71.7 Å². The van der Waals surface area contributed by atoms with E-state index in [4.69, 9.17) is 18.9 Å². The van der Waals surface area contributed by atoms with Crippen LogP contribution in [0.1, 0.15) is 15.9 Å². The van der Waals surface area contributed by atoms with Gasteiger partial charge in [0.05, 0.1) is 18.4 Å². The molecule has 1 aliphatic rings. The van der Waals surface area contributed by atoms with Gasteiger partial charge in [0.25, 0.3) is 0 Å². The normalized spacial score (nSPS) is 12.2. The van der Waals surface area contributed by atoms with E-state index in [2.05, 4.69) is 4.99 Å². The first-order valence-corrected chi connectivity index (χ1v) is 8.62. The summed E-state index contributed by atoms with van der Waals surface area (Å²) in [6.45, 7) is 0.225. The second-order valence-corrected chi connectivity index (χ2v) is 5.96. The van der Waals surface area contributed by atoms with Crippen molar-refractivity contribution >= 4 is 17.9 Å². The topological polar surface area (TPSA) is 66.3 Å². The largest absolute Gasteiger partial charge is 0.493 e. The molecule has 0 spiro atoms. The van der Waals surface area contributed by atoms with Crippen LogP contribution in [0, 0.1) is 0 Å². The molecule has 0 aromatic heterocycles. The molecule has 0 unspecified atom stereocenters. The van der Waals surface area contributed by atoms with Crippen molar-refractivity contribution in [1.29, 1.82) is 0 Å². The van der Waals surface area contributed by atoms with E-state index in [9.17, 15) is 4.79 Å². The molecule has 0 fully saturated rings. The fourth-order valence-electron chi connectivity index (χ4n) is 2.70. The summed E-state index contributed by atoms with van der Waals surface area (Å²) in [7, 11) is 1.52. The Morgan fingerprint density at radius 3 is 2.61 bits per heavy atom. The Balaban J connectivity index is 1.51.